The highest BCUT2D eigenvalue weighted by atomic mass is 16.5. The molecule has 0 heterocycles. The number of carbonyl (C=O) groups excluding carboxylic acids is 3. The van der Waals surface area contributed by atoms with E-state index in [2.05, 4.69) is 5.32 Å². The van der Waals surface area contributed by atoms with Gasteiger partial charge in [-0.25, -0.2) is 0 Å². The number of rotatable bonds is 6. The van der Waals surface area contributed by atoms with Gasteiger partial charge in [-0.3, -0.25) is 19.3 Å². The Kier molecular flexibility index (Phi) is 5.90. The molecule has 8 heteroatoms. The molecule has 0 fully saturated rings. The lowest BCUT2D eigenvalue weighted by Gasteiger charge is -2.28. The first-order chi connectivity index (χ1) is 12.6. The van der Waals surface area contributed by atoms with Crippen molar-refractivity contribution < 1.29 is 23.9 Å². The standard InChI is InChI=1S/C19H25N3O5/c1-10(21(2)3)19(25)20-15-16(22(4)5)18(24)14-12(27-7)9-8-11(26-6)13(14)17(15)23/h8-10H,1-7H3,(H,20,25). The van der Waals surface area contributed by atoms with Crippen molar-refractivity contribution >= 4 is 17.5 Å². The van der Waals surface area contributed by atoms with Crippen LogP contribution in [-0.2, 0) is 4.79 Å². The molecule has 1 amide bonds. The molecule has 0 saturated carbocycles. The van der Waals surface area contributed by atoms with Gasteiger partial charge in [-0.05, 0) is 33.2 Å². The first-order valence-electron chi connectivity index (χ1n) is 8.38. The molecule has 27 heavy (non-hydrogen) atoms. The van der Waals surface area contributed by atoms with Crippen LogP contribution < -0.4 is 14.8 Å². The van der Waals surface area contributed by atoms with Crippen LogP contribution in [0.3, 0.4) is 0 Å². The van der Waals surface area contributed by atoms with E-state index >= 15 is 0 Å². The summed E-state index contributed by atoms with van der Waals surface area (Å²) in [5.74, 6) is -0.785. The SMILES string of the molecule is COc1ccc(OC)c2c1C(=O)C(NC(=O)C(C)N(C)C)=C(N(C)C)C2=O. The number of Topliss-reactive ketones (excluding diaryl/α,β-unsaturated/α-hetero) is 2. The van der Waals surface area contributed by atoms with Crippen LogP contribution in [0.15, 0.2) is 23.5 Å². The molecule has 8 nitrogen and oxygen atoms in total. The number of amides is 1. The summed E-state index contributed by atoms with van der Waals surface area (Å²) in [5, 5.41) is 2.63. The van der Waals surface area contributed by atoms with Crippen molar-refractivity contribution in [1.29, 1.82) is 0 Å². The van der Waals surface area contributed by atoms with Gasteiger partial charge in [0.05, 0.1) is 31.4 Å². The summed E-state index contributed by atoms with van der Waals surface area (Å²) in [6.45, 7) is 1.71. The third-order valence-corrected chi connectivity index (χ3v) is 4.55. The first kappa shape index (κ1) is 20.4. The maximum Gasteiger partial charge on any atom is 0.241 e. The van der Waals surface area contributed by atoms with Crippen LogP contribution >= 0.6 is 0 Å². The van der Waals surface area contributed by atoms with Gasteiger partial charge in [0.15, 0.2) is 0 Å². The number of likely N-dealkylation sites (N-methyl/N-ethyl adjacent to an activating group) is 2. The highest BCUT2D eigenvalue weighted by Gasteiger charge is 2.39. The first-order valence-corrected chi connectivity index (χ1v) is 8.38. The van der Waals surface area contributed by atoms with Gasteiger partial charge in [0.2, 0.25) is 17.5 Å². The van der Waals surface area contributed by atoms with E-state index in [9.17, 15) is 14.4 Å². The summed E-state index contributed by atoms with van der Waals surface area (Å²) in [6.07, 6.45) is 0. The average molecular weight is 375 g/mol. The van der Waals surface area contributed by atoms with Crippen molar-refractivity contribution in [3.63, 3.8) is 0 Å². The highest BCUT2D eigenvalue weighted by molar-refractivity contribution is 6.29. The molecule has 1 aliphatic carbocycles. The molecule has 2 rings (SSSR count). The van der Waals surface area contributed by atoms with E-state index in [-0.39, 0.29) is 39.9 Å². The maximum atomic E-state index is 13.3. The molecule has 0 bridgehead atoms. The molecular formula is C19H25N3O5. The van der Waals surface area contributed by atoms with Gasteiger partial charge in [0.1, 0.15) is 22.9 Å². The third-order valence-electron chi connectivity index (χ3n) is 4.55. The number of ketones is 2. The largest absolute Gasteiger partial charge is 0.496 e. The van der Waals surface area contributed by atoms with Crippen LogP contribution in [0.4, 0.5) is 0 Å². The fourth-order valence-electron chi connectivity index (χ4n) is 2.82. The Labute approximate surface area is 158 Å². The number of fused-ring (bicyclic) bond motifs is 1. The van der Waals surface area contributed by atoms with Crippen molar-refractivity contribution in [2.24, 2.45) is 0 Å². The summed E-state index contributed by atoms with van der Waals surface area (Å²) >= 11 is 0. The third kappa shape index (κ3) is 3.52. The average Bonchev–Trinajstić information content (AvgIpc) is 2.63. The van der Waals surface area contributed by atoms with Gasteiger partial charge in [-0.1, -0.05) is 0 Å². The number of ether oxygens (including phenoxy) is 2. The zero-order valence-corrected chi connectivity index (χ0v) is 16.7. The van der Waals surface area contributed by atoms with E-state index < -0.39 is 17.6 Å². The topological polar surface area (TPSA) is 88.2 Å². The van der Waals surface area contributed by atoms with Crippen molar-refractivity contribution in [3.8, 4) is 11.5 Å². The predicted octanol–water partition coefficient (Wildman–Crippen LogP) is 0.922. The van der Waals surface area contributed by atoms with Gasteiger partial charge in [0, 0.05) is 14.1 Å². The molecule has 1 aliphatic rings. The van der Waals surface area contributed by atoms with E-state index in [0.717, 1.165) is 0 Å². The Hall–Kier alpha value is -2.87. The lowest BCUT2D eigenvalue weighted by molar-refractivity contribution is -0.124. The number of allylic oxidation sites excluding steroid dienone is 2. The van der Waals surface area contributed by atoms with E-state index in [1.54, 1.807) is 52.1 Å². The number of methoxy groups -OCH3 is 2. The Bertz CT molecular complexity index is 827. The Morgan fingerprint density at radius 2 is 1.44 bits per heavy atom. The lowest BCUT2D eigenvalue weighted by Crippen LogP contribution is -2.45. The lowest BCUT2D eigenvalue weighted by atomic mass is 9.88. The molecule has 146 valence electrons. The van der Waals surface area contributed by atoms with Crippen LogP contribution in [0.5, 0.6) is 11.5 Å². The van der Waals surface area contributed by atoms with Crippen molar-refractivity contribution in [3.05, 3.63) is 34.7 Å². The number of nitrogens with zero attached hydrogens (tertiary/aromatic N) is 2. The molecular weight excluding hydrogens is 350 g/mol. The molecule has 0 spiro atoms. The Morgan fingerprint density at radius 1 is 0.963 bits per heavy atom. The molecule has 0 radical (unpaired) electrons. The molecule has 0 aliphatic heterocycles. The fourth-order valence-corrected chi connectivity index (χ4v) is 2.82. The summed E-state index contributed by atoms with van der Waals surface area (Å²) in [6, 6.07) is 2.65. The Morgan fingerprint density at radius 3 is 1.85 bits per heavy atom. The van der Waals surface area contributed by atoms with Crippen LogP contribution in [0, 0.1) is 0 Å². The van der Waals surface area contributed by atoms with E-state index in [4.69, 9.17) is 9.47 Å². The molecule has 1 atom stereocenters. The monoisotopic (exact) mass is 375 g/mol. The normalized spacial score (nSPS) is 14.8. The van der Waals surface area contributed by atoms with Crippen molar-refractivity contribution in [2.75, 3.05) is 42.4 Å². The Balaban J connectivity index is 2.67. The summed E-state index contributed by atoms with van der Waals surface area (Å²) in [4.78, 5) is 42.2. The van der Waals surface area contributed by atoms with Gasteiger partial charge in [0.25, 0.3) is 0 Å². The van der Waals surface area contributed by atoms with E-state index in [1.165, 1.54) is 19.1 Å². The summed E-state index contributed by atoms with van der Waals surface area (Å²) in [5.41, 5.74) is 0.241. The number of carbonyl (C=O) groups is 3. The number of nitrogens with one attached hydrogen (secondary N) is 1. The highest BCUT2D eigenvalue weighted by Crippen LogP contribution is 2.38. The number of hydrogen-bond donors (Lipinski definition) is 1. The quantitative estimate of drug-likeness (QED) is 0.791. The minimum absolute atomic E-state index is 0.0669. The zero-order valence-electron chi connectivity index (χ0n) is 16.7. The summed E-state index contributed by atoms with van der Waals surface area (Å²) < 4.78 is 10.6. The van der Waals surface area contributed by atoms with Crippen molar-refractivity contribution in [2.45, 2.75) is 13.0 Å². The minimum atomic E-state index is -0.497. The second kappa shape index (κ2) is 7.79. The number of benzene rings is 1. The van der Waals surface area contributed by atoms with Gasteiger partial charge < -0.3 is 19.7 Å². The van der Waals surface area contributed by atoms with Gasteiger partial charge in [-0.2, -0.15) is 0 Å². The molecule has 1 unspecified atom stereocenters. The molecule has 1 N–H and O–H groups in total. The molecule has 0 saturated heterocycles. The molecule has 0 aromatic heterocycles. The molecule has 1 aromatic rings. The maximum absolute atomic E-state index is 13.3. The van der Waals surface area contributed by atoms with Gasteiger partial charge >= 0.3 is 0 Å². The second-order valence-corrected chi connectivity index (χ2v) is 6.63. The van der Waals surface area contributed by atoms with E-state index in [0.29, 0.717) is 0 Å². The van der Waals surface area contributed by atoms with Crippen LogP contribution in [0.25, 0.3) is 0 Å². The number of hydrogen-bond acceptors (Lipinski definition) is 7. The molecule has 1 aromatic carbocycles. The van der Waals surface area contributed by atoms with E-state index in [1.807, 2.05) is 0 Å². The summed E-state index contributed by atoms with van der Waals surface area (Å²) in [7, 11) is 9.62. The van der Waals surface area contributed by atoms with Crippen LogP contribution in [0.2, 0.25) is 0 Å². The zero-order chi connectivity index (χ0) is 20.5. The van der Waals surface area contributed by atoms with Gasteiger partial charge in [-0.15, -0.1) is 0 Å². The van der Waals surface area contributed by atoms with Crippen LogP contribution in [0.1, 0.15) is 27.6 Å². The predicted molar refractivity (Wildman–Crippen MR) is 100 cm³/mol. The van der Waals surface area contributed by atoms with Crippen LogP contribution in [-0.4, -0.2) is 75.7 Å². The van der Waals surface area contributed by atoms with Crippen molar-refractivity contribution in [1.82, 2.24) is 15.1 Å². The minimum Gasteiger partial charge on any atom is -0.496 e. The smallest absolute Gasteiger partial charge is 0.241 e. The fraction of sp³-hybridized carbons (Fsp3) is 0.421. The second-order valence-electron chi connectivity index (χ2n) is 6.63.